The molecule has 7 heteroatoms. The molecule has 1 aliphatic heterocycles. The molecule has 6 nitrogen and oxygen atoms in total. The first kappa shape index (κ1) is 18.4. The van der Waals surface area contributed by atoms with Gasteiger partial charge in [0.2, 0.25) is 11.0 Å². The third-order valence-electron chi connectivity index (χ3n) is 4.72. The Morgan fingerprint density at radius 2 is 1.77 bits per heavy atom. The van der Waals surface area contributed by atoms with Gasteiger partial charge >= 0.3 is 0 Å². The van der Waals surface area contributed by atoms with E-state index in [2.05, 4.69) is 32.6 Å². The van der Waals surface area contributed by atoms with Crippen molar-refractivity contribution in [3.05, 3.63) is 90.0 Å². The fourth-order valence-corrected chi connectivity index (χ4v) is 4.00. The molecule has 0 radical (unpaired) electrons. The highest BCUT2D eigenvalue weighted by atomic mass is 32.2. The van der Waals surface area contributed by atoms with Gasteiger partial charge in [-0.05, 0) is 23.8 Å². The number of para-hydroxylation sites is 1. The number of nitrogens with zero attached hydrogens (tertiary/aromatic N) is 3. The summed E-state index contributed by atoms with van der Waals surface area (Å²) in [5.41, 5.74) is 4.30. The molecule has 3 aromatic carbocycles. The molecular formula is C23H18N4O2S. The number of aromatic hydroxyl groups is 1. The van der Waals surface area contributed by atoms with E-state index in [1.165, 1.54) is 17.3 Å². The maximum atomic E-state index is 9.90. The minimum absolute atomic E-state index is 0.176. The number of aromatic nitrogens is 3. The monoisotopic (exact) mass is 414 g/mol. The van der Waals surface area contributed by atoms with E-state index < -0.39 is 6.23 Å². The highest BCUT2D eigenvalue weighted by Crippen LogP contribution is 2.39. The first-order chi connectivity index (χ1) is 14.8. The molecule has 0 bridgehead atoms. The van der Waals surface area contributed by atoms with Gasteiger partial charge in [0, 0.05) is 22.6 Å². The number of nitrogens with one attached hydrogen (secondary N) is 1. The molecule has 0 aliphatic carbocycles. The predicted molar refractivity (Wildman–Crippen MR) is 116 cm³/mol. The molecule has 1 aliphatic rings. The van der Waals surface area contributed by atoms with Crippen molar-refractivity contribution in [1.29, 1.82) is 0 Å². The van der Waals surface area contributed by atoms with Gasteiger partial charge in [-0.15, -0.1) is 10.2 Å². The molecule has 0 amide bonds. The Hall–Kier alpha value is -3.58. The van der Waals surface area contributed by atoms with E-state index in [0.717, 1.165) is 22.6 Å². The van der Waals surface area contributed by atoms with Gasteiger partial charge in [-0.3, -0.25) is 0 Å². The second kappa shape index (κ2) is 8.04. The molecule has 0 saturated heterocycles. The van der Waals surface area contributed by atoms with Gasteiger partial charge in [0.1, 0.15) is 5.75 Å². The fraction of sp³-hybridized carbons (Fsp3) is 0.0870. The standard InChI is InChI=1S/C23H18N4O2S/c28-17-10-6-9-16(13-17)21-24-19-12-5-4-11-18(19)20-22(29-21)25-23(27-26-20)30-14-15-7-2-1-3-8-15/h1-13,21,24,28H,14H2/t21-/m1/s1. The summed E-state index contributed by atoms with van der Waals surface area (Å²) >= 11 is 1.51. The van der Waals surface area contributed by atoms with E-state index in [1.807, 2.05) is 48.5 Å². The third kappa shape index (κ3) is 3.79. The summed E-state index contributed by atoms with van der Waals surface area (Å²) in [6.45, 7) is 0. The maximum absolute atomic E-state index is 9.90. The van der Waals surface area contributed by atoms with E-state index >= 15 is 0 Å². The molecule has 148 valence electrons. The number of phenolic OH excluding ortho intramolecular Hbond substituents is 1. The lowest BCUT2D eigenvalue weighted by Gasteiger charge is -2.19. The van der Waals surface area contributed by atoms with E-state index in [0.29, 0.717) is 16.7 Å². The Labute approximate surface area is 178 Å². The predicted octanol–water partition coefficient (Wildman–Crippen LogP) is 5.04. The number of rotatable bonds is 4. The minimum atomic E-state index is -0.525. The number of anilines is 1. The smallest absolute Gasteiger partial charge is 0.247 e. The van der Waals surface area contributed by atoms with Crippen LogP contribution in [0, 0.1) is 0 Å². The van der Waals surface area contributed by atoms with Crippen molar-refractivity contribution in [1.82, 2.24) is 15.2 Å². The van der Waals surface area contributed by atoms with Crippen LogP contribution in [0.25, 0.3) is 11.3 Å². The summed E-state index contributed by atoms with van der Waals surface area (Å²) in [7, 11) is 0. The van der Waals surface area contributed by atoms with E-state index in [1.54, 1.807) is 18.2 Å². The Balaban J connectivity index is 1.51. The number of ether oxygens (including phenoxy) is 1. The number of hydrogen-bond acceptors (Lipinski definition) is 7. The second-order valence-electron chi connectivity index (χ2n) is 6.81. The zero-order valence-corrected chi connectivity index (χ0v) is 16.7. The normalized spacial score (nSPS) is 14.6. The molecular weight excluding hydrogens is 396 g/mol. The Morgan fingerprint density at radius 3 is 2.63 bits per heavy atom. The topological polar surface area (TPSA) is 80.2 Å². The van der Waals surface area contributed by atoms with Crippen LogP contribution in [0.4, 0.5) is 5.69 Å². The first-order valence-corrected chi connectivity index (χ1v) is 10.5. The SMILES string of the molecule is Oc1cccc([C@@H]2Nc3ccccc3-c3nnc(SCc4ccccc4)nc3O2)c1. The van der Waals surface area contributed by atoms with Crippen LogP contribution >= 0.6 is 11.8 Å². The fourth-order valence-electron chi connectivity index (χ4n) is 3.27. The summed E-state index contributed by atoms with van der Waals surface area (Å²) < 4.78 is 6.22. The van der Waals surface area contributed by atoms with Crippen molar-refractivity contribution in [2.45, 2.75) is 17.1 Å². The van der Waals surface area contributed by atoms with Crippen LogP contribution < -0.4 is 10.1 Å². The van der Waals surface area contributed by atoms with Crippen molar-refractivity contribution >= 4 is 17.4 Å². The van der Waals surface area contributed by atoms with Gasteiger partial charge in [0.05, 0.1) is 0 Å². The van der Waals surface area contributed by atoms with Crippen LogP contribution in [0.5, 0.6) is 11.6 Å². The summed E-state index contributed by atoms with van der Waals surface area (Å²) in [5, 5.41) is 22.6. The van der Waals surface area contributed by atoms with Crippen LogP contribution in [-0.4, -0.2) is 20.3 Å². The highest BCUT2D eigenvalue weighted by molar-refractivity contribution is 7.98. The van der Waals surface area contributed by atoms with Gasteiger partial charge in [0.15, 0.2) is 11.9 Å². The summed E-state index contributed by atoms with van der Waals surface area (Å²) in [4.78, 5) is 4.65. The number of fused-ring (bicyclic) bond motifs is 3. The second-order valence-corrected chi connectivity index (χ2v) is 7.75. The largest absolute Gasteiger partial charge is 0.508 e. The van der Waals surface area contributed by atoms with Crippen molar-refractivity contribution in [3.63, 3.8) is 0 Å². The van der Waals surface area contributed by atoms with Gasteiger partial charge in [-0.1, -0.05) is 72.4 Å². The molecule has 1 aromatic heterocycles. The van der Waals surface area contributed by atoms with Gasteiger partial charge < -0.3 is 15.2 Å². The molecule has 0 unspecified atom stereocenters. The average molecular weight is 414 g/mol. The lowest BCUT2D eigenvalue weighted by Crippen LogP contribution is -2.17. The van der Waals surface area contributed by atoms with Crippen molar-refractivity contribution in [3.8, 4) is 22.9 Å². The van der Waals surface area contributed by atoms with Gasteiger partial charge in [-0.2, -0.15) is 4.98 Å². The van der Waals surface area contributed by atoms with Gasteiger partial charge in [0.25, 0.3) is 0 Å². The van der Waals surface area contributed by atoms with E-state index in [9.17, 15) is 5.11 Å². The summed E-state index contributed by atoms with van der Waals surface area (Å²) in [5.74, 6) is 1.33. The number of hydrogen-bond donors (Lipinski definition) is 2. The molecule has 5 rings (SSSR count). The molecule has 1 atom stereocenters. The molecule has 0 spiro atoms. The van der Waals surface area contributed by atoms with Crippen molar-refractivity contribution in [2.75, 3.05) is 5.32 Å². The Bertz CT molecular complexity index is 1190. The van der Waals surface area contributed by atoms with Crippen LogP contribution in [0.2, 0.25) is 0 Å². The molecule has 0 saturated carbocycles. The molecule has 2 heterocycles. The van der Waals surface area contributed by atoms with Crippen LogP contribution in [0.1, 0.15) is 17.4 Å². The molecule has 30 heavy (non-hydrogen) atoms. The zero-order valence-electron chi connectivity index (χ0n) is 15.9. The van der Waals surface area contributed by atoms with Crippen LogP contribution in [0.3, 0.4) is 0 Å². The summed E-state index contributed by atoms with van der Waals surface area (Å²) in [6.07, 6.45) is -0.525. The van der Waals surface area contributed by atoms with Crippen molar-refractivity contribution < 1.29 is 9.84 Å². The molecule has 0 fully saturated rings. The lowest BCUT2D eigenvalue weighted by atomic mass is 10.1. The molecule has 4 aromatic rings. The minimum Gasteiger partial charge on any atom is -0.508 e. The number of benzene rings is 3. The Morgan fingerprint density at radius 1 is 0.933 bits per heavy atom. The zero-order chi connectivity index (χ0) is 20.3. The van der Waals surface area contributed by atoms with Crippen LogP contribution in [0.15, 0.2) is 84.0 Å². The third-order valence-corrected chi connectivity index (χ3v) is 5.63. The maximum Gasteiger partial charge on any atom is 0.247 e. The lowest BCUT2D eigenvalue weighted by molar-refractivity contribution is 0.225. The first-order valence-electron chi connectivity index (χ1n) is 9.49. The van der Waals surface area contributed by atoms with Gasteiger partial charge in [-0.25, -0.2) is 0 Å². The van der Waals surface area contributed by atoms with Crippen LogP contribution in [-0.2, 0) is 5.75 Å². The number of thioether (sulfide) groups is 1. The Kier molecular flexibility index (Phi) is 4.94. The quantitative estimate of drug-likeness (QED) is 0.453. The van der Waals surface area contributed by atoms with E-state index in [4.69, 9.17) is 4.74 Å². The average Bonchev–Trinajstić information content (AvgIpc) is 2.95. The van der Waals surface area contributed by atoms with Crippen molar-refractivity contribution in [2.24, 2.45) is 0 Å². The number of phenols is 1. The molecule has 2 N–H and O–H groups in total. The summed E-state index contributed by atoms with van der Waals surface area (Å²) in [6, 6.07) is 24.9. The van der Waals surface area contributed by atoms with E-state index in [-0.39, 0.29) is 5.75 Å². The highest BCUT2D eigenvalue weighted by Gasteiger charge is 2.26.